The molecule has 4 heteroatoms. The molecule has 2 nitrogen and oxygen atoms in total. The second-order valence-electron chi connectivity index (χ2n) is 12.8. The number of benzene rings is 1. The molecular weight excluding hydrogens is 466 g/mol. The molecule has 0 amide bonds. The molecule has 5 atom stereocenters. The van der Waals surface area contributed by atoms with Crippen LogP contribution in [-0.2, 0) is 10.2 Å². The van der Waals surface area contributed by atoms with Crippen LogP contribution >= 0.6 is 0 Å². The first-order chi connectivity index (χ1) is 17.8. The number of carbonyl (C=O) groups is 1. The minimum atomic E-state index is -1.95. The molecule has 4 rings (SSSR count). The van der Waals surface area contributed by atoms with E-state index in [1.54, 1.807) is 0 Å². The highest BCUT2D eigenvalue weighted by Gasteiger charge is 2.57. The normalized spacial score (nSPS) is 37.7. The van der Waals surface area contributed by atoms with Gasteiger partial charge in [0.15, 0.2) is 0 Å². The Morgan fingerprint density at radius 2 is 1.49 bits per heavy atom. The van der Waals surface area contributed by atoms with Crippen LogP contribution in [-0.4, -0.2) is 23.4 Å². The molecule has 1 aromatic rings. The average Bonchev–Trinajstić information content (AvgIpc) is 2.91. The van der Waals surface area contributed by atoms with E-state index < -0.39 is 29.6 Å². The van der Waals surface area contributed by atoms with Gasteiger partial charge < -0.3 is 5.11 Å². The van der Waals surface area contributed by atoms with Gasteiger partial charge in [0.25, 0.3) is 0 Å². The summed E-state index contributed by atoms with van der Waals surface area (Å²) in [6, 6.07) is 8.31. The average molecular weight is 517 g/mol. The third kappa shape index (κ3) is 5.78. The maximum atomic E-state index is 16.6. The van der Waals surface area contributed by atoms with Crippen molar-refractivity contribution in [3.05, 3.63) is 35.4 Å². The van der Waals surface area contributed by atoms with E-state index in [1.807, 2.05) is 6.07 Å². The summed E-state index contributed by atoms with van der Waals surface area (Å²) >= 11 is 0. The summed E-state index contributed by atoms with van der Waals surface area (Å²) in [5, 5.41) is 9.64. The third-order valence-corrected chi connectivity index (χ3v) is 10.9. The highest BCUT2D eigenvalue weighted by molar-refractivity contribution is 5.71. The van der Waals surface area contributed by atoms with Crippen molar-refractivity contribution in [2.45, 2.75) is 134 Å². The number of hydrogen-bond donors (Lipinski definition) is 1. The molecule has 3 aliphatic carbocycles. The predicted molar refractivity (Wildman–Crippen MR) is 147 cm³/mol. The molecule has 37 heavy (non-hydrogen) atoms. The van der Waals surface area contributed by atoms with Gasteiger partial charge in [-0.15, -0.1) is 0 Å². The maximum Gasteiger partial charge on any atom is 0.309 e. The summed E-state index contributed by atoms with van der Waals surface area (Å²) in [6.45, 7) is 6.79. The Balaban J connectivity index is 1.68. The Morgan fingerprint density at radius 1 is 0.919 bits per heavy atom. The molecule has 0 bridgehead atoms. The van der Waals surface area contributed by atoms with Crippen molar-refractivity contribution in [3.8, 4) is 0 Å². The molecule has 5 unspecified atom stereocenters. The summed E-state index contributed by atoms with van der Waals surface area (Å²) in [5.74, 6) is 0.0226. The minimum absolute atomic E-state index is 0.0669. The standard InChI is InChI=1S/C33H50F2O2/c1-4-8-23-12-16-25(17-13-23)22(3)27-10-6-7-11-29(27)33(26-18-14-24(9-5-2)15-19-26)21-20-28(32(36)37)30(34)31(33)35/h6-7,10-11,22-26,28,30-31H,4-5,8-9,12-21H2,1-3H3,(H,36,37). The molecule has 0 aromatic heterocycles. The third-order valence-electron chi connectivity index (χ3n) is 10.9. The summed E-state index contributed by atoms with van der Waals surface area (Å²) in [4.78, 5) is 11.8. The smallest absolute Gasteiger partial charge is 0.309 e. The molecule has 0 radical (unpaired) electrons. The van der Waals surface area contributed by atoms with Crippen molar-refractivity contribution in [3.63, 3.8) is 0 Å². The first-order valence-electron chi connectivity index (χ1n) is 15.4. The first kappa shape index (κ1) is 28.6. The van der Waals surface area contributed by atoms with E-state index in [9.17, 15) is 9.90 Å². The molecule has 0 aliphatic heterocycles. The number of halogens is 2. The Kier molecular flexibility index (Phi) is 9.73. The van der Waals surface area contributed by atoms with Gasteiger partial charge in [0.05, 0.1) is 5.92 Å². The number of carboxylic acids is 1. The lowest BCUT2D eigenvalue weighted by Gasteiger charge is -2.52. The maximum absolute atomic E-state index is 16.6. The van der Waals surface area contributed by atoms with E-state index in [1.165, 1.54) is 56.9 Å². The number of rotatable bonds is 9. The fraction of sp³-hybridized carbons (Fsp3) is 0.788. The van der Waals surface area contributed by atoms with E-state index >= 15 is 8.78 Å². The highest BCUT2D eigenvalue weighted by atomic mass is 19.2. The van der Waals surface area contributed by atoms with Crippen LogP contribution in [0.5, 0.6) is 0 Å². The number of alkyl halides is 2. The Morgan fingerprint density at radius 3 is 2.05 bits per heavy atom. The molecule has 208 valence electrons. The lowest BCUT2D eigenvalue weighted by atomic mass is 9.53. The number of aliphatic carboxylic acids is 1. The highest BCUT2D eigenvalue weighted by Crippen LogP contribution is 2.56. The molecule has 0 saturated heterocycles. The summed E-state index contributed by atoms with van der Waals surface area (Å²) in [5.41, 5.74) is 1.27. The zero-order valence-electron chi connectivity index (χ0n) is 23.4. The van der Waals surface area contributed by atoms with Gasteiger partial charge in [-0.3, -0.25) is 4.79 Å². The summed E-state index contributed by atoms with van der Waals surface area (Å²) < 4.78 is 32.3. The lowest BCUT2D eigenvalue weighted by Crippen LogP contribution is -2.56. The van der Waals surface area contributed by atoms with E-state index in [0.717, 1.165) is 37.2 Å². The van der Waals surface area contributed by atoms with Crippen LogP contribution < -0.4 is 0 Å². The minimum Gasteiger partial charge on any atom is -0.481 e. The van der Waals surface area contributed by atoms with Crippen molar-refractivity contribution < 1.29 is 18.7 Å². The molecule has 0 heterocycles. The van der Waals surface area contributed by atoms with Gasteiger partial charge in [0.1, 0.15) is 12.3 Å². The van der Waals surface area contributed by atoms with Crippen LogP contribution in [0.4, 0.5) is 8.78 Å². The van der Waals surface area contributed by atoms with Gasteiger partial charge in [-0.2, -0.15) is 0 Å². The van der Waals surface area contributed by atoms with E-state index in [2.05, 4.69) is 39.0 Å². The summed E-state index contributed by atoms with van der Waals surface area (Å²) in [7, 11) is 0. The molecule has 3 aliphatic rings. The van der Waals surface area contributed by atoms with Crippen LogP contribution in [0.25, 0.3) is 0 Å². The van der Waals surface area contributed by atoms with Gasteiger partial charge in [-0.05, 0) is 79.2 Å². The van der Waals surface area contributed by atoms with E-state index in [-0.39, 0.29) is 12.3 Å². The van der Waals surface area contributed by atoms with Crippen molar-refractivity contribution in [1.29, 1.82) is 0 Å². The van der Waals surface area contributed by atoms with E-state index in [0.29, 0.717) is 24.2 Å². The van der Waals surface area contributed by atoms with Crippen LogP contribution in [0, 0.1) is 29.6 Å². The Labute approximate surface area is 224 Å². The van der Waals surface area contributed by atoms with Gasteiger partial charge in [0.2, 0.25) is 0 Å². The number of carboxylic acid groups (broad SMARTS) is 1. The second-order valence-corrected chi connectivity index (χ2v) is 12.8. The Hall–Kier alpha value is -1.45. The zero-order valence-corrected chi connectivity index (χ0v) is 23.4. The van der Waals surface area contributed by atoms with Crippen molar-refractivity contribution in [1.82, 2.24) is 0 Å². The van der Waals surface area contributed by atoms with Gasteiger partial charge >= 0.3 is 5.97 Å². The quantitative estimate of drug-likeness (QED) is 0.355. The lowest BCUT2D eigenvalue weighted by molar-refractivity contribution is -0.150. The predicted octanol–water partition coefficient (Wildman–Crippen LogP) is 9.41. The fourth-order valence-corrected chi connectivity index (χ4v) is 8.70. The molecule has 1 aromatic carbocycles. The fourth-order valence-electron chi connectivity index (χ4n) is 8.70. The largest absolute Gasteiger partial charge is 0.481 e. The monoisotopic (exact) mass is 516 g/mol. The van der Waals surface area contributed by atoms with Crippen LogP contribution in [0.3, 0.4) is 0 Å². The number of hydrogen-bond acceptors (Lipinski definition) is 1. The molecule has 3 fully saturated rings. The van der Waals surface area contributed by atoms with Crippen molar-refractivity contribution in [2.75, 3.05) is 0 Å². The van der Waals surface area contributed by atoms with Crippen molar-refractivity contribution in [2.24, 2.45) is 29.6 Å². The molecule has 0 spiro atoms. The zero-order chi connectivity index (χ0) is 26.6. The van der Waals surface area contributed by atoms with Gasteiger partial charge in [-0.1, -0.05) is 96.4 Å². The van der Waals surface area contributed by atoms with Gasteiger partial charge in [0, 0.05) is 5.41 Å². The second kappa shape index (κ2) is 12.6. The molecular formula is C33H50F2O2. The van der Waals surface area contributed by atoms with Crippen LogP contribution in [0.15, 0.2) is 24.3 Å². The molecule has 3 saturated carbocycles. The van der Waals surface area contributed by atoms with E-state index in [4.69, 9.17) is 0 Å². The summed E-state index contributed by atoms with van der Waals surface area (Å²) in [6.07, 6.45) is 10.8. The SMILES string of the molecule is CCCC1CCC(C(C)c2ccccc2C2(C3CCC(CCC)CC3)CCC(C(=O)O)C(F)C2F)CC1. The van der Waals surface area contributed by atoms with Crippen molar-refractivity contribution >= 4 is 5.97 Å². The van der Waals surface area contributed by atoms with Crippen LogP contribution in [0.2, 0.25) is 0 Å². The topological polar surface area (TPSA) is 37.3 Å². The Bertz CT molecular complexity index is 871. The first-order valence-corrected chi connectivity index (χ1v) is 15.4. The molecule has 1 N–H and O–H groups in total. The van der Waals surface area contributed by atoms with Gasteiger partial charge in [-0.25, -0.2) is 8.78 Å². The van der Waals surface area contributed by atoms with Crippen LogP contribution in [0.1, 0.15) is 128 Å².